The highest BCUT2D eigenvalue weighted by molar-refractivity contribution is 7.09. The van der Waals surface area contributed by atoms with Gasteiger partial charge in [0.2, 0.25) is 0 Å². The molecule has 15 heavy (non-hydrogen) atoms. The van der Waals surface area contributed by atoms with Gasteiger partial charge in [-0.1, -0.05) is 0 Å². The van der Waals surface area contributed by atoms with E-state index in [4.69, 9.17) is 4.74 Å². The average Bonchev–Trinajstić information content (AvgIpc) is 2.57. The van der Waals surface area contributed by atoms with Crippen LogP contribution in [0.2, 0.25) is 0 Å². The molecule has 1 unspecified atom stereocenters. The number of ether oxygens (including phenoxy) is 1. The SMILES string of the molecule is COC1CC(NC(C)c2nc(C)cs2)C1. The van der Waals surface area contributed by atoms with E-state index in [1.807, 2.05) is 6.92 Å². The smallest absolute Gasteiger partial charge is 0.110 e. The topological polar surface area (TPSA) is 34.1 Å². The standard InChI is InChI=1S/C11H18N2OS/c1-7-6-15-11(12-7)8(2)13-9-4-10(5-9)14-3/h6,8-10,13H,4-5H2,1-3H3. The Kier molecular flexibility index (Phi) is 3.38. The monoisotopic (exact) mass is 226 g/mol. The Labute approximate surface area is 94.9 Å². The molecule has 1 atom stereocenters. The highest BCUT2D eigenvalue weighted by atomic mass is 32.1. The molecule has 1 heterocycles. The molecule has 84 valence electrons. The van der Waals surface area contributed by atoms with Crippen molar-refractivity contribution >= 4 is 11.3 Å². The maximum Gasteiger partial charge on any atom is 0.110 e. The van der Waals surface area contributed by atoms with Crippen LogP contribution in [0.4, 0.5) is 0 Å². The Bertz CT molecular complexity index is 320. The Morgan fingerprint density at radius 2 is 2.33 bits per heavy atom. The van der Waals surface area contributed by atoms with Crippen LogP contribution >= 0.6 is 11.3 Å². The molecule has 1 N–H and O–H groups in total. The first kappa shape index (κ1) is 11.0. The van der Waals surface area contributed by atoms with Gasteiger partial charge in [0.1, 0.15) is 5.01 Å². The highest BCUT2D eigenvalue weighted by Gasteiger charge is 2.30. The van der Waals surface area contributed by atoms with Crippen LogP contribution < -0.4 is 5.32 Å². The summed E-state index contributed by atoms with van der Waals surface area (Å²) in [7, 11) is 1.79. The van der Waals surface area contributed by atoms with Gasteiger partial charge in [-0.2, -0.15) is 0 Å². The lowest BCUT2D eigenvalue weighted by molar-refractivity contribution is 0.0147. The molecule has 1 saturated carbocycles. The zero-order valence-electron chi connectivity index (χ0n) is 9.49. The van der Waals surface area contributed by atoms with Gasteiger partial charge in [0.25, 0.3) is 0 Å². The van der Waals surface area contributed by atoms with E-state index in [2.05, 4.69) is 22.6 Å². The van der Waals surface area contributed by atoms with Gasteiger partial charge >= 0.3 is 0 Å². The van der Waals surface area contributed by atoms with Crippen molar-refractivity contribution < 1.29 is 4.74 Å². The number of nitrogens with zero attached hydrogens (tertiary/aromatic N) is 1. The van der Waals surface area contributed by atoms with Crippen LogP contribution in [0, 0.1) is 6.92 Å². The lowest BCUT2D eigenvalue weighted by atomic mass is 9.89. The minimum Gasteiger partial charge on any atom is -0.381 e. The van der Waals surface area contributed by atoms with Gasteiger partial charge in [-0.15, -0.1) is 11.3 Å². The third-order valence-corrected chi connectivity index (χ3v) is 4.07. The fourth-order valence-corrected chi connectivity index (χ4v) is 2.70. The van der Waals surface area contributed by atoms with E-state index in [1.165, 1.54) is 5.01 Å². The summed E-state index contributed by atoms with van der Waals surface area (Å²) in [6, 6.07) is 0.973. The first-order valence-electron chi connectivity index (χ1n) is 5.40. The molecule has 1 aromatic rings. The predicted molar refractivity (Wildman–Crippen MR) is 62.2 cm³/mol. The number of thiazole rings is 1. The number of hydrogen-bond acceptors (Lipinski definition) is 4. The van der Waals surface area contributed by atoms with Gasteiger partial charge in [-0.05, 0) is 26.7 Å². The number of nitrogens with one attached hydrogen (secondary N) is 1. The van der Waals surface area contributed by atoms with Crippen LogP contribution in [0.25, 0.3) is 0 Å². The zero-order valence-corrected chi connectivity index (χ0v) is 10.3. The van der Waals surface area contributed by atoms with Gasteiger partial charge in [-0.3, -0.25) is 0 Å². The zero-order chi connectivity index (χ0) is 10.8. The molecule has 0 spiro atoms. The molecule has 4 heteroatoms. The molecule has 1 fully saturated rings. The largest absolute Gasteiger partial charge is 0.381 e. The van der Waals surface area contributed by atoms with Crippen LogP contribution in [0.15, 0.2) is 5.38 Å². The van der Waals surface area contributed by atoms with Gasteiger partial charge in [0.15, 0.2) is 0 Å². The van der Waals surface area contributed by atoms with Crippen LogP contribution in [0.3, 0.4) is 0 Å². The Morgan fingerprint density at radius 1 is 1.60 bits per heavy atom. The molecule has 0 aromatic carbocycles. The van der Waals surface area contributed by atoms with Gasteiger partial charge < -0.3 is 10.1 Å². The van der Waals surface area contributed by atoms with E-state index in [0.717, 1.165) is 18.5 Å². The Balaban J connectivity index is 1.81. The van der Waals surface area contributed by atoms with Crippen LogP contribution in [-0.2, 0) is 4.74 Å². The second kappa shape index (κ2) is 4.60. The molecule has 1 aliphatic rings. The van der Waals surface area contributed by atoms with Crippen LogP contribution in [0.5, 0.6) is 0 Å². The first-order chi connectivity index (χ1) is 7.19. The lowest BCUT2D eigenvalue weighted by Crippen LogP contribution is -2.45. The predicted octanol–water partition coefficient (Wildman–Crippen LogP) is 2.28. The van der Waals surface area contributed by atoms with Crippen LogP contribution in [0.1, 0.15) is 36.5 Å². The van der Waals surface area contributed by atoms with E-state index >= 15 is 0 Å². The van der Waals surface area contributed by atoms with Crippen molar-refractivity contribution in [2.75, 3.05) is 7.11 Å². The van der Waals surface area contributed by atoms with E-state index in [9.17, 15) is 0 Å². The number of aryl methyl sites for hydroxylation is 1. The van der Waals surface area contributed by atoms with Gasteiger partial charge in [0.05, 0.1) is 12.1 Å². The number of hydrogen-bond donors (Lipinski definition) is 1. The summed E-state index contributed by atoms with van der Waals surface area (Å²) in [5.74, 6) is 0. The molecule has 1 aromatic heterocycles. The third kappa shape index (κ3) is 2.56. The molecular weight excluding hydrogens is 208 g/mol. The number of aromatic nitrogens is 1. The quantitative estimate of drug-likeness (QED) is 0.855. The fourth-order valence-electron chi connectivity index (χ4n) is 1.89. The molecule has 1 aliphatic carbocycles. The minimum absolute atomic E-state index is 0.367. The van der Waals surface area contributed by atoms with Crippen molar-refractivity contribution in [3.63, 3.8) is 0 Å². The van der Waals surface area contributed by atoms with E-state index in [1.54, 1.807) is 18.4 Å². The summed E-state index contributed by atoms with van der Waals surface area (Å²) in [6.45, 7) is 4.22. The molecule has 0 amide bonds. The summed E-state index contributed by atoms with van der Waals surface area (Å²) in [6.07, 6.45) is 2.73. The summed E-state index contributed by atoms with van der Waals surface area (Å²) in [5, 5.41) is 6.87. The van der Waals surface area contributed by atoms with E-state index in [0.29, 0.717) is 18.2 Å². The highest BCUT2D eigenvalue weighted by Crippen LogP contribution is 2.26. The molecule has 0 saturated heterocycles. The summed E-state index contributed by atoms with van der Waals surface area (Å²) >= 11 is 1.74. The van der Waals surface area contributed by atoms with Gasteiger partial charge in [0, 0.05) is 24.2 Å². The fraction of sp³-hybridized carbons (Fsp3) is 0.727. The van der Waals surface area contributed by atoms with E-state index in [-0.39, 0.29) is 0 Å². The summed E-state index contributed by atoms with van der Waals surface area (Å²) in [5.41, 5.74) is 1.12. The third-order valence-electron chi connectivity index (χ3n) is 2.92. The molecule has 0 aliphatic heterocycles. The summed E-state index contributed by atoms with van der Waals surface area (Å²) in [4.78, 5) is 4.49. The number of methoxy groups -OCH3 is 1. The van der Waals surface area contributed by atoms with Crippen molar-refractivity contribution in [2.45, 2.75) is 44.9 Å². The summed E-state index contributed by atoms with van der Waals surface area (Å²) < 4.78 is 5.25. The second-order valence-corrected chi connectivity index (χ2v) is 5.13. The van der Waals surface area contributed by atoms with Crippen molar-refractivity contribution in [3.05, 3.63) is 16.1 Å². The molecule has 3 nitrogen and oxygen atoms in total. The maximum atomic E-state index is 5.25. The molecule has 0 bridgehead atoms. The van der Waals surface area contributed by atoms with Crippen LogP contribution in [-0.4, -0.2) is 24.2 Å². The maximum absolute atomic E-state index is 5.25. The molecular formula is C11H18N2OS. The minimum atomic E-state index is 0.367. The first-order valence-corrected chi connectivity index (χ1v) is 6.28. The number of rotatable bonds is 4. The average molecular weight is 226 g/mol. The second-order valence-electron chi connectivity index (χ2n) is 4.24. The molecule has 0 radical (unpaired) electrons. The van der Waals surface area contributed by atoms with Crippen molar-refractivity contribution in [2.24, 2.45) is 0 Å². The Hall–Kier alpha value is -0.450. The van der Waals surface area contributed by atoms with Gasteiger partial charge in [-0.25, -0.2) is 4.98 Å². The van der Waals surface area contributed by atoms with Crippen molar-refractivity contribution in [1.82, 2.24) is 10.3 Å². The normalized spacial score (nSPS) is 27.4. The van der Waals surface area contributed by atoms with Crippen molar-refractivity contribution in [1.29, 1.82) is 0 Å². The molecule has 2 rings (SSSR count). The van der Waals surface area contributed by atoms with E-state index < -0.39 is 0 Å². The Morgan fingerprint density at radius 3 is 2.87 bits per heavy atom. The lowest BCUT2D eigenvalue weighted by Gasteiger charge is -2.36. The van der Waals surface area contributed by atoms with Crippen molar-refractivity contribution in [3.8, 4) is 0 Å².